The van der Waals surface area contributed by atoms with Crippen molar-refractivity contribution >= 4 is 36.4 Å². The standard InChI is InChI=1S/C17H25N3O.2ClH/c21-17(16-4-3-10-18-16)19-15-7-5-14(6-8-15)9-13-20-11-1-2-12-20;;/h5-8,16,18H,1-4,9-13H2,(H,19,21);2*1H. The van der Waals surface area contributed by atoms with E-state index in [-0.39, 0.29) is 36.8 Å². The highest BCUT2D eigenvalue weighted by Crippen LogP contribution is 2.14. The normalized spacial score (nSPS) is 20.6. The Morgan fingerprint density at radius 2 is 1.83 bits per heavy atom. The van der Waals surface area contributed by atoms with Crippen molar-refractivity contribution in [2.45, 2.75) is 38.1 Å². The highest BCUT2D eigenvalue weighted by Gasteiger charge is 2.21. The van der Waals surface area contributed by atoms with E-state index in [0.717, 1.165) is 38.0 Å². The summed E-state index contributed by atoms with van der Waals surface area (Å²) in [5.74, 6) is 0.0947. The molecule has 2 heterocycles. The van der Waals surface area contributed by atoms with E-state index in [1.54, 1.807) is 0 Å². The van der Waals surface area contributed by atoms with Crippen molar-refractivity contribution in [1.29, 1.82) is 0 Å². The quantitative estimate of drug-likeness (QED) is 0.849. The Morgan fingerprint density at radius 3 is 2.43 bits per heavy atom. The average Bonchev–Trinajstić information content (AvgIpc) is 3.20. The molecule has 0 aliphatic carbocycles. The van der Waals surface area contributed by atoms with Gasteiger partial charge < -0.3 is 15.5 Å². The predicted octanol–water partition coefficient (Wildman–Crippen LogP) is 2.86. The number of likely N-dealkylation sites (tertiary alicyclic amines) is 1. The van der Waals surface area contributed by atoms with Crippen molar-refractivity contribution in [2.75, 3.05) is 31.5 Å². The molecule has 3 rings (SSSR count). The molecule has 2 N–H and O–H groups in total. The molecule has 0 saturated carbocycles. The summed E-state index contributed by atoms with van der Waals surface area (Å²) < 4.78 is 0. The lowest BCUT2D eigenvalue weighted by Crippen LogP contribution is -2.35. The first-order chi connectivity index (χ1) is 10.3. The van der Waals surface area contributed by atoms with Gasteiger partial charge in [0.15, 0.2) is 0 Å². The van der Waals surface area contributed by atoms with Gasteiger partial charge in [-0.3, -0.25) is 4.79 Å². The van der Waals surface area contributed by atoms with E-state index in [0.29, 0.717) is 0 Å². The molecule has 2 aliphatic rings. The van der Waals surface area contributed by atoms with Crippen LogP contribution in [0.1, 0.15) is 31.2 Å². The second kappa shape index (κ2) is 10.1. The van der Waals surface area contributed by atoms with Gasteiger partial charge in [0, 0.05) is 12.2 Å². The number of carbonyl (C=O) groups is 1. The Balaban J connectivity index is 0.00000132. The van der Waals surface area contributed by atoms with Gasteiger partial charge in [-0.15, -0.1) is 24.8 Å². The molecule has 0 radical (unpaired) electrons. The lowest BCUT2D eigenvalue weighted by Gasteiger charge is -2.14. The monoisotopic (exact) mass is 359 g/mol. The SMILES string of the molecule is Cl.Cl.O=C(Nc1ccc(CCN2CCCC2)cc1)C1CCCN1. The van der Waals surface area contributed by atoms with Crippen molar-refractivity contribution < 1.29 is 4.79 Å². The summed E-state index contributed by atoms with van der Waals surface area (Å²) in [6, 6.07) is 8.29. The van der Waals surface area contributed by atoms with Crippen LogP contribution in [0.4, 0.5) is 5.69 Å². The zero-order valence-corrected chi connectivity index (χ0v) is 15.1. The van der Waals surface area contributed by atoms with Crippen LogP contribution >= 0.6 is 24.8 Å². The average molecular weight is 360 g/mol. The molecule has 1 atom stereocenters. The topological polar surface area (TPSA) is 44.4 Å². The molecule has 23 heavy (non-hydrogen) atoms. The number of benzene rings is 1. The van der Waals surface area contributed by atoms with Crippen LogP contribution in [0.2, 0.25) is 0 Å². The van der Waals surface area contributed by atoms with E-state index in [9.17, 15) is 4.79 Å². The molecule has 2 saturated heterocycles. The van der Waals surface area contributed by atoms with Gasteiger partial charge in [-0.1, -0.05) is 12.1 Å². The molecule has 0 bridgehead atoms. The van der Waals surface area contributed by atoms with Gasteiger partial charge in [-0.05, 0) is 69.4 Å². The van der Waals surface area contributed by atoms with E-state index in [2.05, 4.69) is 27.7 Å². The Morgan fingerprint density at radius 1 is 1.13 bits per heavy atom. The van der Waals surface area contributed by atoms with Gasteiger partial charge >= 0.3 is 0 Å². The summed E-state index contributed by atoms with van der Waals surface area (Å²) in [5, 5.41) is 6.22. The molecule has 2 fully saturated rings. The first kappa shape index (κ1) is 20.2. The molecule has 130 valence electrons. The molecule has 2 aliphatic heterocycles. The summed E-state index contributed by atoms with van der Waals surface area (Å²) in [6.45, 7) is 4.61. The summed E-state index contributed by atoms with van der Waals surface area (Å²) in [6.07, 6.45) is 5.83. The number of anilines is 1. The van der Waals surface area contributed by atoms with Crippen molar-refractivity contribution in [2.24, 2.45) is 0 Å². The van der Waals surface area contributed by atoms with Crippen LogP contribution in [-0.4, -0.2) is 43.0 Å². The maximum atomic E-state index is 12.0. The van der Waals surface area contributed by atoms with Crippen LogP contribution < -0.4 is 10.6 Å². The van der Waals surface area contributed by atoms with Gasteiger partial charge in [0.25, 0.3) is 0 Å². The van der Waals surface area contributed by atoms with E-state index in [4.69, 9.17) is 0 Å². The number of rotatable bonds is 5. The molecular weight excluding hydrogens is 333 g/mol. The van der Waals surface area contributed by atoms with Crippen molar-refractivity contribution in [3.8, 4) is 0 Å². The third-order valence-electron chi connectivity index (χ3n) is 4.51. The van der Waals surface area contributed by atoms with E-state index in [1.165, 1.54) is 31.5 Å². The zero-order valence-electron chi connectivity index (χ0n) is 13.4. The maximum absolute atomic E-state index is 12.0. The lowest BCUT2D eigenvalue weighted by molar-refractivity contribution is -0.117. The van der Waals surface area contributed by atoms with Crippen LogP contribution in [0.3, 0.4) is 0 Å². The smallest absolute Gasteiger partial charge is 0.241 e. The second-order valence-electron chi connectivity index (χ2n) is 6.13. The van der Waals surface area contributed by atoms with Gasteiger partial charge in [0.2, 0.25) is 5.91 Å². The van der Waals surface area contributed by atoms with Crippen molar-refractivity contribution in [1.82, 2.24) is 10.2 Å². The number of nitrogens with zero attached hydrogens (tertiary/aromatic N) is 1. The molecule has 1 unspecified atom stereocenters. The molecule has 6 heteroatoms. The minimum Gasteiger partial charge on any atom is -0.325 e. The fourth-order valence-electron chi connectivity index (χ4n) is 3.19. The fraction of sp³-hybridized carbons (Fsp3) is 0.588. The van der Waals surface area contributed by atoms with Crippen LogP contribution in [-0.2, 0) is 11.2 Å². The van der Waals surface area contributed by atoms with Crippen LogP contribution in [0.5, 0.6) is 0 Å². The van der Waals surface area contributed by atoms with E-state index in [1.807, 2.05) is 12.1 Å². The Hall–Kier alpha value is -0.810. The Labute approximate surface area is 151 Å². The molecule has 0 aromatic heterocycles. The highest BCUT2D eigenvalue weighted by atomic mass is 35.5. The minimum absolute atomic E-state index is 0. The number of amides is 1. The van der Waals surface area contributed by atoms with Crippen LogP contribution in [0.15, 0.2) is 24.3 Å². The summed E-state index contributed by atoms with van der Waals surface area (Å²) >= 11 is 0. The number of carbonyl (C=O) groups excluding carboxylic acids is 1. The van der Waals surface area contributed by atoms with Gasteiger partial charge in [0.05, 0.1) is 6.04 Å². The molecule has 1 aromatic carbocycles. The highest BCUT2D eigenvalue weighted by molar-refractivity contribution is 5.95. The summed E-state index contributed by atoms with van der Waals surface area (Å²) in [7, 11) is 0. The molecular formula is C17H27Cl2N3O. The zero-order chi connectivity index (χ0) is 14.5. The fourth-order valence-corrected chi connectivity index (χ4v) is 3.19. The molecule has 1 amide bonds. The summed E-state index contributed by atoms with van der Waals surface area (Å²) in [5.41, 5.74) is 2.25. The van der Waals surface area contributed by atoms with Crippen molar-refractivity contribution in [3.63, 3.8) is 0 Å². The number of halogens is 2. The lowest BCUT2D eigenvalue weighted by atomic mass is 10.1. The Kier molecular flexibility index (Phi) is 8.92. The maximum Gasteiger partial charge on any atom is 0.241 e. The second-order valence-corrected chi connectivity index (χ2v) is 6.13. The first-order valence-electron chi connectivity index (χ1n) is 8.17. The van der Waals surface area contributed by atoms with Crippen LogP contribution in [0.25, 0.3) is 0 Å². The number of nitrogens with one attached hydrogen (secondary N) is 2. The van der Waals surface area contributed by atoms with Gasteiger partial charge in [-0.25, -0.2) is 0 Å². The number of hydrogen-bond acceptors (Lipinski definition) is 3. The molecule has 1 aromatic rings. The molecule has 0 spiro atoms. The Bertz CT molecular complexity index is 469. The minimum atomic E-state index is -0.0140. The van der Waals surface area contributed by atoms with E-state index < -0.39 is 0 Å². The largest absolute Gasteiger partial charge is 0.325 e. The summed E-state index contributed by atoms with van der Waals surface area (Å²) in [4.78, 5) is 14.5. The third-order valence-corrected chi connectivity index (χ3v) is 4.51. The van der Waals surface area contributed by atoms with Crippen molar-refractivity contribution in [3.05, 3.63) is 29.8 Å². The number of hydrogen-bond donors (Lipinski definition) is 2. The third kappa shape index (κ3) is 5.96. The predicted molar refractivity (Wildman–Crippen MR) is 100.0 cm³/mol. The van der Waals surface area contributed by atoms with Gasteiger partial charge in [-0.2, -0.15) is 0 Å². The van der Waals surface area contributed by atoms with Gasteiger partial charge in [0.1, 0.15) is 0 Å². The molecule has 4 nitrogen and oxygen atoms in total. The van der Waals surface area contributed by atoms with Crippen LogP contribution in [0, 0.1) is 0 Å². The first-order valence-corrected chi connectivity index (χ1v) is 8.17. The van der Waals surface area contributed by atoms with E-state index >= 15 is 0 Å².